The van der Waals surface area contributed by atoms with Crippen LogP contribution in [0.3, 0.4) is 0 Å². The molecule has 0 bridgehead atoms. The molecule has 0 aliphatic carbocycles. The van der Waals surface area contributed by atoms with Crippen molar-refractivity contribution in [1.29, 1.82) is 0 Å². The molecule has 3 aliphatic heterocycles. The quantitative estimate of drug-likeness (QED) is 0.433. The predicted octanol–water partition coefficient (Wildman–Crippen LogP) is 4.08. The van der Waals surface area contributed by atoms with Crippen molar-refractivity contribution < 1.29 is 14.3 Å². The number of nitrogens with zero attached hydrogens (tertiary/aromatic N) is 6. The number of amides is 1. The van der Waals surface area contributed by atoms with E-state index in [4.69, 9.17) is 9.84 Å². The topological polar surface area (TPSA) is 91.2 Å². The summed E-state index contributed by atoms with van der Waals surface area (Å²) in [6.45, 7) is 6.09. The second-order valence-electron chi connectivity index (χ2n) is 9.69. The number of hydrogen-bond donors (Lipinski definition) is 0. The van der Waals surface area contributed by atoms with Crippen LogP contribution in [-0.4, -0.2) is 59.8 Å². The smallest absolute Gasteiger partial charge is 0.338 e. The summed E-state index contributed by atoms with van der Waals surface area (Å²) in [5, 5.41) is 6.30. The number of hydrogen-bond acceptors (Lipinski definition) is 8. The SMILES string of the molecule is CCOC(=O)c1ccc(N2N=C(C)[C@@]3(Cc4cc(Br)ccc4N4CCN(c5ncccn5)C[C@H]43)C2=O)cc1. The summed E-state index contributed by atoms with van der Waals surface area (Å²) in [5.41, 5.74) is 3.23. The molecule has 0 unspecified atom stereocenters. The van der Waals surface area contributed by atoms with Crippen LogP contribution in [0, 0.1) is 5.41 Å². The molecule has 9 nitrogen and oxygen atoms in total. The maximum atomic E-state index is 14.4. The standard InChI is InChI=1S/C28H27BrN6O3/c1-3-38-25(36)19-5-8-22(9-6-19)35-26(37)28(18(2)32-35)16-20-15-21(29)7-10-23(20)34-14-13-33(17-24(28)34)27-30-11-4-12-31-27/h4-12,15,24H,3,13-14,16-17H2,1-2H3/t24-,28+/m0/s1. The Kier molecular flexibility index (Phi) is 6.14. The third-order valence-corrected chi connectivity index (χ3v) is 8.19. The highest BCUT2D eigenvalue weighted by Gasteiger charge is 2.60. The summed E-state index contributed by atoms with van der Waals surface area (Å²) in [7, 11) is 0. The summed E-state index contributed by atoms with van der Waals surface area (Å²) in [5.74, 6) is 0.198. The monoisotopic (exact) mass is 574 g/mol. The normalized spacial score (nSPS) is 22.3. The van der Waals surface area contributed by atoms with Gasteiger partial charge >= 0.3 is 5.97 Å². The lowest BCUT2D eigenvalue weighted by molar-refractivity contribution is -0.125. The number of ether oxygens (including phenoxy) is 1. The van der Waals surface area contributed by atoms with Crippen molar-refractivity contribution in [3.63, 3.8) is 0 Å². The van der Waals surface area contributed by atoms with Crippen molar-refractivity contribution in [2.24, 2.45) is 10.5 Å². The Balaban J connectivity index is 1.39. The zero-order valence-corrected chi connectivity index (χ0v) is 22.8. The van der Waals surface area contributed by atoms with E-state index in [-0.39, 0.29) is 11.9 Å². The largest absolute Gasteiger partial charge is 0.462 e. The molecule has 0 N–H and O–H groups in total. The molecule has 194 valence electrons. The van der Waals surface area contributed by atoms with Crippen LogP contribution in [0.1, 0.15) is 29.8 Å². The van der Waals surface area contributed by atoms with Crippen molar-refractivity contribution in [2.45, 2.75) is 26.3 Å². The molecule has 1 saturated heterocycles. The van der Waals surface area contributed by atoms with Gasteiger partial charge in [0.05, 0.1) is 29.6 Å². The minimum atomic E-state index is -0.860. The van der Waals surface area contributed by atoms with Crippen LogP contribution in [0.25, 0.3) is 0 Å². The molecule has 2 aromatic carbocycles. The van der Waals surface area contributed by atoms with E-state index in [0.717, 1.165) is 34.5 Å². The maximum absolute atomic E-state index is 14.4. The van der Waals surface area contributed by atoms with E-state index < -0.39 is 11.4 Å². The molecule has 1 aromatic heterocycles. The maximum Gasteiger partial charge on any atom is 0.338 e. The highest BCUT2D eigenvalue weighted by atomic mass is 79.9. The lowest BCUT2D eigenvalue weighted by atomic mass is 9.67. The number of benzene rings is 2. The number of piperazine rings is 1. The van der Waals surface area contributed by atoms with Crippen LogP contribution in [0.4, 0.5) is 17.3 Å². The molecule has 1 fully saturated rings. The first-order valence-corrected chi connectivity index (χ1v) is 13.5. The van der Waals surface area contributed by atoms with Gasteiger partial charge in [-0.2, -0.15) is 10.1 Å². The number of fused-ring (bicyclic) bond motifs is 4. The fourth-order valence-electron chi connectivity index (χ4n) is 5.87. The summed E-state index contributed by atoms with van der Waals surface area (Å²) in [4.78, 5) is 40.0. The van der Waals surface area contributed by atoms with Crippen molar-refractivity contribution >= 4 is 50.8 Å². The van der Waals surface area contributed by atoms with E-state index in [1.165, 1.54) is 5.01 Å². The third-order valence-electron chi connectivity index (χ3n) is 7.70. The zero-order valence-electron chi connectivity index (χ0n) is 21.2. The van der Waals surface area contributed by atoms with Crippen molar-refractivity contribution in [1.82, 2.24) is 9.97 Å². The molecule has 1 spiro atoms. The first-order chi connectivity index (χ1) is 18.4. The number of rotatable bonds is 4. The zero-order chi connectivity index (χ0) is 26.4. The fourth-order valence-corrected chi connectivity index (χ4v) is 6.28. The van der Waals surface area contributed by atoms with Gasteiger partial charge in [-0.3, -0.25) is 4.79 Å². The van der Waals surface area contributed by atoms with Gasteiger partial charge in [-0.1, -0.05) is 15.9 Å². The Labute approximate surface area is 229 Å². The number of carbonyl (C=O) groups is 2. The number of hydrazone groups is 1. The minimum Gasteiger partial charge on any atom is -0.462 e. The Morgan fingerprint density at radius 3 is 2.63 bits per heavy atom. The molecule has 0 radical (unpaired) electrons. The number of halogens is 1. The summed E-state index contributed by atoms with van der Waals surface area (Å²) >= 11 is 3.62. The molecular formula is C28H27BrN6O3. The van der Waals surface area contributed by atoms with Gasteiger partial charge in [0, 0.05) is 42.2 Å². The number of aromatic nitrogens is 2. The third kappa shape index (κ3) is 3.86. The summed E-state index contributed by atoms with van der Waals surface area (Å²) < 4.78 is 6.08. The molecule has 2 atom stereocenters. The molecular weight excluding hydrogens is 548 g/mol. The molecule has 6 rings (SSSR count). The summed E-state index contributed by atoms with van der Waals surface area (Å²) in [6.07, 6.45) is 4.03. The first kappa shape index (κ1) is 24.5. The van der Waals surface area contributed by atoms with Gasteiger partial charge in [0.15, 0.2) is 0 Å². The van der Waals surface area contributed by atoms with E-state index in [9.17, 15) is 9.59 Å². The average molecular weight is 575 g/mol. The highest BCUT2D eigenvalue weighted by Crippen LogP contribution is 2.48. The Hall–Kier alpha value is -3.79. The van der Waals surface area contributed by atoms with Gasteiger partial charge in [-0.25, -0.2) is 14.8 Å². The number of carbonyl (C=O) groups excluding carboxylic acids is 2. The van der Waals surface area contributed by atoms with Gasteiger partial charge in [-0.05, 0) is 74.4 Å². The molecule has 1 amide bonds. The Morgan fingerprint density at radius 2 is 1.89 bits per heavy atom. The van der Waals surface area contributed by atoms with E-state index in [2.05, 4.69) is 53.9 Å². The number of anilines is 3. The van der Waals surface area contributed by atoms with E-state index >= 15 is 0 Å². The second-order valence-corrected chi connectivity index (χ2v) is 10.6. The number of esters is 1. The first-order valence-electron chi connectivity index (χ1n) is 12.7. The van der Waals surface area contributed by atoms with Crippen LogP contribution in [-0.2, 0) is 16.0 Å². The molecule has 10 heteroatoms. The lowest BCUT2D eigenvalue weighted by Gasteiger charge is -2.53. The molecule has 38 heavy (non-hydrogen) atoms. The molecule has 0 saturated carbocycles. The van der Waals surface area contributed by atoms with Gasteiger partial charge in [-0.15, -0.1) is 0 Å². The van der Waals surface area contributed by atoms with Gasteiger partial charge < -0.3 is 14.5 Å². The van der Waals surface area contributed by atoms with Crippen LogP contribution < -0.4 is 14.8 Å². The van der Waals surface area contributed by atoms with Gasteiger partial charge in [0.25, 0.3) is 5.91 Å². The Bertz CT molecular complexity index is 1430. The van der Waals surface area contributed by atoms with E-state index in [0.29, 0.717) is 36.8 Å². The lowest BCUT2D eigenvalue weighted by Crippen LogP contribution is -2.67. The van der Waals surface area contributed by atoms with E-state index in [1.54, 1.807) is 49.6 Å². The molecule has 4 heterocycles. The Morgan fingerprint density at radius 1 is 1.13 bits per heavy atom. The van der Waals surface area contributed by atoms with E-state index in [1.807, 2.05) is 6.92 Å². The average Bonchev–Trinajstić information content (AvgIpc) is 3.19. The van der Waals surface area contributed by atoms with Gasteiger partial charge in [0.1, 0.15) is 5.41 Å². The van der Waals surface area contributed by atoms with Crippen LogP contribution >= 0.6 is 15.9 Å². The fraction of sp³-hybridized carbons (Fsp3) is 0.321. The van der Waals surface area contributed by atoms with Crippen LogP contribution in [0.5, 0.6) is 0 Å². The van der Waals surface area contributed by atoms with Crippen LogP contribution in [0.2, 0.25) is 0 Å². The van der Waals surface area contributed by atoms with Crippen molar-refractivity contribution in [3.8, 4) is 0 Å². The predicted molar refractivity (Wildman–Crippen MR) is 149 cm³/mol. The van der Waals surface area contributed by atoms with Crippen molar-refractivity contribution in [2.75, 3.05) is 41.0 Å². The summed E-state index contributed by atoms with van der Waals surface area (Å²) in [6, 6.07) is 14.8. The van der Waals surface area contributed by atoms with Crippen LogP contribution in [0.15, 0.2) is 70.5 Å². The molecule has 3 aromatic rings. The minimum absolute atomic E-state index is 0.0738. The molecule has 3 aliphatic rings. The second kappa shape index (κ2) is 9.50. The van der Waals surface area contributed by atoms with Crippen molar-refractivity contribution in [3.05, 3.63) is 76.5 Å². The van der Waals surface area contributed by atoms with Gasteiger partial charge in [0.2, 0.25) is 5.95 Å². The highest BCUT2D eigenvalue weighted by molar-refractivity contribution is 9.10.